The molecule has 0 saturated heterocycles. The fraction of sp³-hybridized carbons (Fsp3) is 0.176. The highest BCUT2D eigenvalue weighted by atomic mass is 32.1. The molecule has 0 aliphatic heterocycles. The van der Waals surface area contributed by atoms with Gasteiger partial charge in [-0.1, -0.05) is 35.6 Å². The van der Waals surface area contributed by atoms with Crippen molar-refractivity contribution in [3.8, 4) is 0 Å². The molecule has 7 heteroatoms. The maximum absolute atomic E-state index is 12.8. The Morgan fingerprint density at radius 3 is 2.54 bits per heavy atom. The van der Waals surface area contributed by atoms with E-state index in [4.69, 9.17) is 0 Å². The summed E-state index contributed by atoms with van der Waals surface area (Å²) in [5.41, 5.74) is 1.17. The third-order valence-electron chi connectivity index (χ3n) is 3.61. The van der Waals surface area contributed by atoms with E-state index >= 15 is 0 Å². The van der Waals surface area contributed by atoms with Gasteiger partial charge in [-0.2, -0.15) is 18.3 Å². The summed E-state index contributed by atoms with van der Waals surface area (Å²) < 4.78 is 41.3. The van der Waals surface area contributed by atoms with Crippen molar-refractivity contribution in [3.63, 3.8) is 0 Å². The van der Waals surface area contributed by atoms with Gasteiger partial charge in [-0.3, -0.25) is 0 Å². The van der Waals surface area contributed by atoms with Crippen LogP contribution >= 0.6 is 11.3 Å². The molecule has 2 aromatic carbocycles. The van der Waals surface area contributed by atoms with E-state index < -0.39 is 11.7 Å². The highest BCUT2D eigenvalue weighted by Gasteiger charge is 2.30. The lowest BCUT2D eigenvalue weighted by atomic mass is 10.1. The summed E-state index contributed by atoms with van der Waals surface area (Å²) in [7, 11) is 1.88. The number of hydrogen-bond acceptors (Lipinski definition) is 3. The standard InChI is InChI=1S/C17H14F3N3S/c1-11(12-6-5-7-13(10-12)17(18,19)20)21-22-16-23(2)14-8-3-4-9-15(14)24-16/h3-10H,1-2H3/b21-11-,22-16+. The molecule has 1 heterocycles. The molecule has 3 nitrogen and oxygen atoms in total. The van der Waals surface area contributed by atoms with Crippen molar-refractivity contribution in [3.05, 3.63) is 64.5 Å². The van der Waals surface area contributed by atoms with Gasteiger partial charge in [0.15, 0.2) is 0 Å². The van der Waals surface area contributed by atoms with Crippen molar-refractivity contribution in [2.24, 2.45) is 17.3 Å². The maximum Gasteiger partial charge on any atom is 0.416 e. The van der Waals surface area contributed by atoms with Gasteiger partial charge in [-0.05, 0) is 36.8 Å². The van der Waals surface area contributed by atoms with Gasteiger partial charge >= 0.3 is 6.18 Å². The van der Waals surface area contributed by atoms with Crippen LogP contribution in [0.4, 0.5) is 13.2 Å². The van der Waals surface area contributed by atoms with Gasteiger partial charge in [0, 0.05) is 7.05 Å². The van der Waals surface area contributed by atoms with Crippen LogP contribution in [-0.4, -0.2) is 10.3 Å². The Balaban J connectivity index is 2.00. The van der Waals surface area contributed by atoms with E-state index in [2.05, 4.69) is 10.2 Å². The number of rotatable bonds is 2. The molecule has 3 rings (SSSR count). The lowest BCUT2D eigenvalue weighted by Gasteiger charge is -2.07. The van der Waals surface area contributed by atoms with Crippen LogP contribution in [0, 0.1) is 0 Å². The van der Waals surface area contributed by atoms with Crippen LogP contribution in [0.1, 0.15) is 18.1 Å². The van der Waals surface area contributed by atoms with E-state index in [1.165, 1.54) is 17.4 Å². The monoisotopic (exact) mass is 349 g/mol. The number of para-hydroxylation sites is 1. The first-order valence-corrected chi connectivity index (χ1v) is 7.98. The molecule has 24 heavy (non-hydrogen) atoms. The minimum atomic E-state index is -4.37. The predicted octanol–water partition coefficient (Wildman–Crippen LogP) is 4.58. The van der Waals surface area contributed by atoms with Gasteiger partial charge in [0.2, 0.25) is 4.80 Å². The van der Waals surface area contributed by atoms with E-state index in [1.54, 1.807) is 13.0 Å². The average molecular weight is 349 g/mol. The zero-order chi connectivity index (χ0) is 17.3. The van der Waals surface area contributed by atoms with E-state index in [0.717, 1.165) is 22.3 Å². The van der Waals surface area contributed by atoms with Gasteiger partial charge in [-0.25, -0.2) is 0 Å². The zero-order valence-corrected chi connectivity index (χ0v) is 13.8. The predicted molar refractivity (Wildman–Crippen MR) is 90.0 cm³/mol. The summed E-state index contributed by atoms with van der Waals surface area (Å²) in [5, 5.41) is 8.31. The molecular formula is C17H14F3N3S. The molecule has 3 aromatic rings. The molecule has 0 N–H and O–H groups in total. The van der Waals surface area contributed by atoms with Gasteiger partial charge in [0.25, 0.3) is 0 Å². The number of fused-ring (bicyclic) bond motifs is 1. The normalized spacial score (nSPS) is 13.7. The Morgan fingerprint density at radius 1 is 1.08 bits per heavy atom. The Hall–Kier alpha value is -2.41. The number of thiazole rings is 1. The minimum absolute atomic E-state index is 0.400. The van der Waals surface area contributed by atoms with Crippen LogP contribution in [0.15, 0.2) is 58.7 Å². The van der Waals surface area contributed by atoms with E-state index in [9.17, 15) is 13.2 Å². The summed E-state index contributed by atoms with van der Waals surface area (Å²) in [4.78, 5) is 0.683. The fourth-order valence-corrected chi connectivity index (χ4v) is 3.24. The summed E-state index contributed by atoms with van der Waals surface area (Å²) >= 11 is 1.48. The zero-order valence-electron chi connectivity index (χ0n) is 13.0. The quantitative estimate of drug-likeness (QED) is 0.479. The molecular weight excluding hydrogens is 335 g/mol. The van der Waals surface area contributed by atoms with Gasteiger partial charge in [-0.15, -0.1) is 5.10 Å². The van der Waals surface area contributed by atoms with Crippen molar-refractivity contribution < 1.29 is 13.2 Å². The number of aromatic nitrogens is 1. The van der Waals surface area contributed by atoms with Crippen molar-refractivity contribution >= 4 is 27.3 Å². The number of hydrogen-bond donors (Lipinski definition) is 0. The first-order chi connectivity index (χ1) is 11.4. The average Bonchev–Trinajstić information content (AvgIpc) is 2.88. The molecule has 0 bridgehead atoms. The molecule has 0 fully saturated rings. The Morgan fingerprint density at radius 2 is 1.83 bits per heavy atom. The smallest absolute Gasteiger partial charge is 0.318 e. The number of aryl methyl sites for hydroxylation is 1. The van der Waals surface area contributed by atoms with Crippen LogP contribution in [0.2, 0.25) is 0 Å². The molecule has 0 saturated carbocycles. The van der Waals surface area contributed by atoms with Crippen molar-refractivity contribution in [1.82, 2.24) is 4.57 Å². The second kappa shape index (κ2) is 6.24. The molecule has 124 valence electrons. The Kier molecular flexibility index (Phi) is 4.28. The van der Waals surface area contributed by atoms with Crippen LogP contribution in [0.25, 0.3) is 10.2 Å². The Labute approximate surface area is 140 Å². The van der Waals surface area contributed by atoms with Crippen LogP contribution in [0.5, 0.6) is 0 Å². The first kappa shape index (κ1) is 16.4. The lowest BCUT2D eigenvalue weighted by molar-refractivity contribution is -0.137. The van der Waals surface area contributed by atoms with Crippen molar-refractivity contribution in [2.45, 2.75) is 13.1 Å². The van der Waals surface area contributed by atoms with Crippen molar-refractivity contribution in [2.75, 3.05) is 0 Å². The van der Waals surface area contributed by atoms with E-state index in [-0.39, 0.29) is 0 Å². The molecule has 0 atom stereocenters. The minimum Gasteiger partial charge on any atom is -0.318 e. The number of alkyl halides is 3. The summed E-state index contributed by atoms with van der Waals surface area (Å²) in [5.74, 6) is 0. The third-order valence-corrected chi connectivity index (χ3v) is 4.71. The molecule has 1 aromatic heterocycles. The number of nitrogens with zero attached hydrogens (tertiary/aromatic N) is 3. The highest BCUT2D eigenvalue weighted by Crippen LogP contribution is 2.29. The third kappa shape index (κ3) is 3.26. The summed E-state index contributed by atoms with van der Waals surface area (Å²) in [6.45, 7) is 1.65. The number of benzene rings is 2. The first-order valence-electron chi connectivity index (χ1n) is 7.17. The largest absolute Gasteiger partial charge is 0.416 e. The summed E-state index contributed by atoms with van der Waals surface area (Å²) in [6, 6.07) is 12.9. The van der Waals surface area contributed by atoms with Crippen LogP contribution < -0.4 is 4.80 Å². The lowest BCUT2D eigenvalue weighted by Crippen LogP contribution is -2.10. The van der Waals surface area contributed by atoms with Crippen LogP contribution in [0.3, 0.4) is 0 Å². The molecule has 0 unspecified atom stereocenters. The molecule has 0 aliphatic rings. The van der Waals surface area contributed by atoms with Crippen LogP contribution in [-0.2, 0) is 13.2 Å². The van der Waals surface area contributed by atoms with E-state index in [0.29, 0.717) is 16.1 Å². The van der Waals surface area contributed by atoms with Gasteiger partial charge in [0.1, 0.15) is 0 Å². The SMILES string of the molecule is C/C(=N/N=c1/sc2ccccc2n1C)c1cccc(C(F)(F)F)c1. The Bertz CT molecular complexity index is 980. The molecule has 0 radical (unpaired) electrons. The van der Waals surface area contributed by atoms with Crippen molar-refractivity contribution in [1.29, 1.82) is 0 Å². The second-order valence-corrected chi connectivity index (χ2v) is 6.28. The molecule has 0 aliphatic carbocycles. The second-order valence-electron chi connectivity index (χ2n) is 5.28. The molecule has 0 amide bonds. The number of halogens is 3. The highest BCUT2D eigenvalue weighted by molar-refractivity contribution is 7.16. The maximum atomic E-state index is 12.8. The topological polar surface area (TPSA) is 29.6 Å². The summed E-state index contributed by atoms with van der Waals surface area (Å²) in [6.07, 6.45) is -4.37. The molecule has 0 spiro atoms. The van der Waals surface area contributed by atoms with Gasteiger partial charge < -0.3 is 4.57 Å². The van der Waals surface area contributed by atoms with E-state index in [1.807, 2.05) is 35.9 Å². The van der Waals surface area contributed by atoms with Gasteiger partial charge in [0.05, 0.1) is 21.5 Å². The fourth-order valence-electron chi connectivity index (χ4n) is 2.27.